The van der Waals surface area contributed by atoms with E-state index in [9.17, 15) is 0 Å². The first-order valence-corrected chi connectivity index (χ1v) is 8.39. The van der Waals surface area contributed by atoms with Gasteiger partial charge >= 0.3 is 0 Å². The van der Waals surface area contributed by atoms with E-state index in [1.807, 2.05) is 0 Å². The van der Waals surface area contributed by atoms with Crippen LogP contribution in [0.4, 0.5) is 0 Å². The minimum absolute atomic E-state index is 0. The van der Waals surface area contributed by atoms with E-state index in [2.05, 4.69) is 24.0 Å². The predicted molar refractivity (Wildman–Crippen MR) is 81.4 cm³/mol. The molecule has 0 amide bonds. The largest absolute Gasteiger partial charge is 0.311 e. The molecule has 1 N–H and O–H groups in total. The summed E-state index contributed by atoms with van der Waals surface area (Å²) in [4.78, 5) is 0. The van der Waals surface area contributed by atoms with Gasteiger partial charge in [0, 0.05) is 12.1 Å². The van der Waals surface area contributed by atoms with Crippen molar-refractivity contribution < 1.29 is 0 Å². The Morgan fingerprint density at radius 1 is 1.06 bits per heavy atom. The molecule has 0 bridgehead atoms. The van der Waals surface area contributed by atoms with Gasteiger partial charge in [-0.05, 0) is 49.5 Å². The van der Waals surface area contributed by atoms with Crippen molar-refractivity contribution in [1.29, 1.82) is 0 Å². The van der Waals surface area contributed by atoms with E-state index < -0.39 is 0 Å². The first-order valence-electron chi connectivity index (χ1n) is 7.24. The van der Waals surface area contributed by atoms with Gasteiger partial charge < -0.3 is 5.32 Å². The van der Waals surface area contributed by atoms with Gasteiger partial charge in [-0.1, -0.05) is 26.2 Å². The Labute approximate surface area is 117 Å². The monoisotopic (exact) mass is 277 g/mol. The Bertz CT molecular complexity index is 193. The minimum atomic E-state index is 0. The maximum absolute atomic E-state index is 3.98. The molecule has 0 aromatic carbocycles. The van der Waals surface area contributed by atoms with Crippen LogP contribution in [0.15, 0.2) is 0 Å². The number of nitrogens with one attached hydrogen (secondary N) is 1. The highest BCUT2D eigenvalue weighted by molar-refractivity contribution is 7.99. The van der Waals surface area contributed by atoms with Crippen molar-refractivity contribution >= 4 is 24.2 Å². The third-order valence-electron chi connectivity index (χ3n) is 4.24. The fourth-order valence-electron chi connectivity index (χ4n) is 3.31. The smallest absolute Gasteiger partial charge is 0.00979 e. The molecule has 17 heavy (non-hydrogen) atoms. The summed E-state index contributed by atoms with van der Waals surface area (Å²) in [6.07, 6.45) is 11.5. The molecule has 2 aliphatic rings. The van der Waals surface area contributed by atoms with Crippen molar-refractivity contribution in [2.45, 2.75) is 70.4 Å². The molecule has 1 aliphatic carbocycles. The van der Waals surface area contributed by atoms with Crippen molar-refractivity contribution in [2.75, 3.05) is 11.5 Å². The van der Waals surface area contributed by atoms with Crippen molar-refractivity contribution in [3.63, 3.8) is 0 Å². The standard InChI is InChI=1S/C14H27NS.ClH/c1-2-5-12-6-3-4-7-14(12)15-13-8-10-16-11-9-13;/h12-15H,2-11H2,1H3;1H. The third-order valence-corrected chi connectivity index (χ3v) is 5.29. The number of halogens is 1. The van der Waals surface area contributed by atoms with Crippen molar-refractivity contribution in [3.05, 3.63) is 0 Å². The molecule has 2 atom stereocenters. The van der Waals surface area contributed by atoms with Crippen LogP contribution in [0.1, 0.15) is 58.3 Å². The highest BCUT2D eigenvalue weighted by atomic mass is 35.5. The number of thioether (sulfide) groups is 1. The van der Waals surface area contributed by atoms with Gasteiger partial charge in [0.2, 0.25) is 0 Å². The summed E-state index contributed by atoms with van der Waals surface area (Å²) >= 11 is 2.13. The van der Waals surface area contributed by atoms with Crippen molar-refractivity contribution in [2.24, 2.45) is 5.92 Å². The van der Waals surface area contributed by atoms with Gasteiger partial charge in [0.15, 0.2) is 0 Å². The van der Waals surface area contributed by atoms with Crippen LogP contribution in [-0.2, 0) is 0 Å². The lowest BCUT2D eigenvalue weighted by atomic mass is 9.81. The van der Waals surface area contributed by atoms with Gasteiger partial charge in [0.05, 0.1) is 0 Å². The molecular weight excluding hydrogens is 250 g/mol. The molecule has 102 valence electrons. The zero-order valence-corrected chi connectivity index (χ0v) is 12.8. The lowest BCUT2D eigenvalue weighted by Crippen LogP contribution is -2.45. The van der Waals surface area contributed by atoms with Crippen LogP contribution in [0, 0.1) is 5.92 Å². The van der Waals surface area contributed by atoms with E-state index >= 15 is 0 Å². The Morgan fingerprint density at radius 3 is 2.47 bits per heavy atom. The molecule has 0 aromatic rings. The fourth-order valence-corrected chi connectivity index (χ4v) is 4.42. The number of hydrogen-bond donors (Lipinski definition) is 1. The summed E-state index contributed by atoms with van der Waals surface area (Å²) in [5, 5.41) is 3.98. The molecule has 1 saturated heterocycles. The molecule has 1 saturated carbocycles. The molecule has 2 fully saturated rings. The van der Waals surface area contributed by atoms with E-state index in [-0.39, 0.29) is 12.4 Å². The van der Waals surface area contributed by atoms with Crippen molar-refractivity contribution in [3.8, 4) is 0 Å². The van der Waals surface area contributed by atoms with Gasteiger partial charge in [0.25, 0.3) is 0 Å². The Kier molecular flexibility index (Phi) is 7.97. The van der Waals surface area contributed by atoms with Gasteiger partial charge in [-0.2, -0.15) is 11.8 Å². The minimum Gasteiger partial charge on any atom is -0.311 e. The molecule has 2 unspecified atom stereocenters. The van der Waals surface area contributed by atoms with Crippen LogP contribution < -0.4 is 5.32 Å². The summed E-state index contributed by atoms with van der Waals surface area (Å²) in [6.45, 7) is 2.34. The Morgan fingerprint density at radius 2 is 1.76 bits per heavy atom. The number of hydrogen-bond acceptors (Lipinski definition) is 2. The summed E-state index contributed by atoms with van der Waals surface area (Å²) in [7, 11) is 0. The lowest BCUT2D eigenvalue weighted by molar-refractivity contribution is 0.225. The highest BCUT2D eigenvalue weighted by Crippen LogP contribution is 2.29. The van der Waals surface area contributed by atoms with Gasteiger partial charge in [-0.25, -0.2) is 0 Å². The van der Waals surface area contributed by atoms with Crippen LogP contribution in [0.5, 0.6) is 0 Å². The molecule has 2 rings (SSSR count). The zero-order chi connectivity index (χ0) is 11.2. The fraction of sp³-hybridized carbons (Fsp3) is 1.00. The lowest BCUT2D eigenvalue weighted by Gasteiger charge is -2.36. The first kappa shape index (κ1) is 15.7. The second-order valence-electron chi connectivity index (χ2n) is 5.49. The average molecular weight is 278 g/mol. The predicted octanol–water partition coefficient (Wildman–Crippen LogP) is 4.25. The van der Waals surface area contributed by atoms with Gasteiger partial charge in [-0.15, -0.1) is 12.4 Å². The van der Waals surface area contributed by atoms with Crippen LogP contribution in [0.2, 0.25) is 0 Å². The molecule has 0 aromatic heterocycles. The summed E-state index contributed by atoms with van der Waals surface area (Å²) in [6, 6.07) is 1.69. The van der Waals surface area contributed by atoms with Gasteiger partial charge in [-0.3, -0.25) is 0 Å². The van der Waals surface area contributed by atoms with Gasteiger partial charge in [0.1, 0.15) is 0 Å². The van der Waals surface area contributed by atoms with E-state index in [4.69, 9.17) is 0 Å². The third kappa shape index (κ3) is 5.00. The number of rotatable bonds is 4. The van der Waals surface area contributed by atoms with Crippen LogP contribution in [0.25, 0.3) is 0 Å². The molecule has 1 nitrogen and oxygen atoms in total. The average Bonchev–Trinajstić information content (AvgIpc) is 2.33. The van der Waals surface area contributed by atoms with Crippen LogP contribution >= 0.6 is 24.2 Å². The Hall–Kier alpha value is 0.600. The summed E-state index contributed by atoms with van der Waals surface area (Å²) in [5.74, 6) is 3.74. The molecule has 1 aliphatic heterocycles. The first-order chi connectivity index (χ1) is 7.90. The second-order valence-corrected chi connectivity index (χ2v) is 6.72. The maximum Gasteiger partial charge on any atom is 0.00979 e. The molecule has 3 heteroatoms. The highest BCUT2D eigenvalue weighted by Gasteiger charge is 2.26. The second kappa shape index (κ2) is 8.66. The molecule has 0 spiro atoms. The maximum atomic E-state index is 3.98. The van der Waals surface area contributed by atoms with E-state index in [0.717, 1.165) is 18.0 Å². The molecular formula is C14H28ClNS. The van der Waals surface area contributed by atoms with E-state index in [1.54, 1.807) is 0 Å². The van der Waals surface area contributed by atoms with Crippen LogP contribution in [-0.4, -0.2) is 23.6 Å². The topological polar surface area (TPSA) is 12.0 Å². The van der Waals surface area contributed by atoms with E-state index in [1.165, 1.54) is 62.9 Å². The van der Waals surface area contributed by atoms with Crippen LogP contribution in [0.3, 0.4) is 0 Å². The SMILES string of the molecule is CCCC1CCCCC1NC1CCSCC1.Cl. The molecule has 0 radical (unpaired) electrons. The summed E-state index contributed by atoms with van der Waals surface area (Å²) in [5.41, 5.74) is 0. The quantitative estimate of drug-likeness (QED) is 0.824. The Balaban J connectivity index is 0.00000144. The van der Waals surface area contributed by atoms with E-state index in [0.29, 0.717) is 0 Å². The zero-order valence-electron chi connectivity index (χ0n) is 11.1. The normalized spacial score (nSPS) is 30.9. The summed E-state index contributed by atoms with van der Waals surface area (Å²) < 4.78 is 0. The molecule has 1 heterocycles. The van der Waals surface area contributed by atoms with Crippen molar-refractivity contribution in [1.82, 2.24) is 5.32 Å².